The molecule has 0 radical (unpaired) electrons. The molecule has 0 bridgehead atoms. The lowest BCUT2D eigenvalue weighted by Crippen LogP contribution is -2.14. The Morgan fingerprint density at radius 3 is 2.67 bits per heavy atom. The van der Waals surface area contributed by atoms with Crippen LogP contribution in [0.15, 0.2) is 12.4 Å². The number of rotatable bonds is 2. The third kappa shape index (κ3) is 2.90. The van der Waals surface area contributed by atoms with Gasteiger partial charge in [-0.05, 0) is 6.92 Å². The quantitative estimate of drug-likeness (QED) is 0.711. The fourth-order valence-electron chi connectivity index (χ4n) is 0.806. The summed E-state index contributed by atoms with van der Waals surface area (Å²) in [5.41, 5.74) is -1.67. The summed E-state index contributed by atoms with van der Waals surface area (Å²) >= 11 is 0. The summed E-state index contributed by atoms with van der Waals surface area (Å²) in [6.07, 6.45) is -3.15. The number of ether oxygens (including phenoxy) is 1. The van der Waals surface area contributed by atoms with Gasteiger partial charge in [-0.2, -0.15) is 13.2 Å². The first-order chi connectivity index (χ1) is 6.95. The largest absolute Gasteiger partial charge is 0.461 e. The van der Waals surface area contributed by atoms with Crippen LogP contribution in [0.3, 0.4) is 0 Å². The molecule has 1 aromatic rings. The van der Waals surface area contributed by atoms with Crippen LogP contribution in [-0.4, -0.2) is 22.5 Å². The second kappa shape index (κ2) is 4.24. The minimum atomic E-state index is -4.62. The second-order valence-electron chi connectivity index (χ2n) is 2.51. The second-order valence-corrected chi connectivity index (χ2v) is 2.51. The highest BCUT2D eigenvalue weighted by Gasteiger charge is 2.33. The number of carbonyl (C=O) groups is 1. The lowest BCUT2D eigenvalue weighted by molar-refractivity contribution is -0.141. The molecule has 0 saturated heterocycles. The van der Waals surface area contributed by atoms with Crippen LogP contribution in [0.4, 0.5) is 13.2 Å². The van der Waals surface area contributed by atoms with Crippen LogP contribution in [0.2, 0.25) is 0 Å². The predicted octanol–water partition coefficient (Wildman–Crippen LogP) is 1.67. The first kappa shape index (κ1) is 11.4. The van der Waals surface area contributed by atoms with Gasteiger partial charge in [0.25, 0.3) is 0 Å². The Bertz CT molecular complexity index is 365. The van der Waals surface area contributed by atoms with Crippen LogP contribution in [0.1, 0.15) is 23.1 Å². The van der Waals surface area contributed by atoms with Crippen LogP contribution in [0.5, 0.6) is 0 Å². The van der Waals surface area contributed by atoms with Crippen molar-refractivity contribution in [3.63, 3.8) is 0 Å². The first-order valence-electron chi connectivity index (χ1n) is 4.01. The molecule has 0 saturated carbocycles. The Balaban J connectivity index is 2.98. The van der Waals surface area contributed by atoms with Gasteiger partial charge in [0, 0.05) is 0 Å². The summed E-state index contributed by atoms with van der Waals surface area (Å²) in [5.74, 6) is -0.920. The van der Waals surface area contributed by atoms with Crippen molar-refractivity contribution < 1.29 is 22.7 Å². The number of esters is 1. The maximum atomic E-state index is 12.2. The highest BCUT2D eigenvalue weighted by atomic mass is 19.4. The molecule has 0 aliphatic carbocycles. The van der Waals surface area contributed by atoms with Gasteiger partial charge in [0.15, 0.2) is 11.4 Å². The Morgan fingerprint density at radius 2 is 2.13 bits per heavy atom. The molecule has 1 rings (SSSR count). The standard InChI is InChI=1S/C8H7F3N2O2/c1-2-15-7(14)5-3-12-4-6(13-5)8(9,10)11/h3-4H,2H2,1H3. The van der Waals surface area contributed by atoms with E-state index in [-0.39, 0.29) is 6.61 Å². The summed E-state index contributed by atoms with van der Waals surface area (Å²) in [6.45, 7) is 1.61. The molecule has 4 nitrogen and oxygen atoms in total. The number of hydrogen-bond acceptors (Lipinski definition) is 4. The fraction of sp³-hybridized carbons (Fsp3) is 0.375. The molecule has 15 heavy (non-hydrogen) atoms. The van der Waals surface area contributed by atoms with E-state index >= 15 is 0 Å². The van der Waals surface area contributed by atoms with Crippen molar-refractivity contribution in [1.82, 2.24) is 9.97 Å². The van der Waals surface area contributed by atoms with Crippen LogP contribution in [0, 0.1) is 0 Å². The monoisotopic (exact) mass is 220 g/mol. The molecule has 1 heterocycles. The zero-order chi connectivity index (χ0) is 11.5. The molecule has 0 fully saturated rings. The highest BCUT2D eigenvalue weighted by Crippen LogP contribution is 2.26. The van der Waals surface area contributed by atoms with Gasteiger partial charge in [0.05, 0.1) is 19.0 Å². The van der Waals surface area contributed by atoms with Gasteiger partial charge in [-0.1, -0.05) is 0 Å². The van der Waals surface area contributed by atoms with Crippen LogP contribution in [0.25, 0.3) is 0 Å². The molecule has 0 N–H and O–H groups in total. The van der Waals surface area contributed by atoms with E-state index in [0.29, 0.717) is 6.20 Å². The molecule has 0 aliphatic rings. The molecule has 0 atom stereocenters. The van der Waals surface area contributed by atoms with Crippen molar-refractivity contribution in [1.29, 1.82) is 0 Å². The van der Waals surface area contributed by atoms with Crippen molar-refractivity contribution in [3.05, 3.63) is 23.8 Å². The maximum absolute atomic E-state index is 12.2. The molecule has 1 aromatic heterocycles. The normalized spacial score (nSPS) is 11.2. The average molecular weight is 220 g/mol. The van der Waals surface area contributed by atoms with E-state index in [1.807, 2.05) is 0 Å². The van der Waals surface area contributed by atoms with Crippen molar-refractivity contribution in [2.45, 2.75) is 13.1 Å². The minimum Gasteiger partial charge on any atom is -0.461 e. The molecule has 7 heteroatoms. The summed E-state index contributed by atoms with van der Waals surface area (Å²) in [7, 11) is 0. The maximum Gasteiger partial charge on any atom is 0.434 e. The summed E-state index contributed by atoms with van der Waals surface area (Å²) in [4.78, 5) is 17.4. The van der Waals surface area contributed by atoms with E-state index in [4.69, 9.17) is 0 Å². The third-order valence-corrected chi connectivity index (χ3v) is 1.41. The van der Waals surface area contributed by atoms with E-state index in [0.717, 1.165) is 6.20 Å². The number of nitrogens with zero attached hydrogens (tertiary/aromatic N) is 2. The highest BCUT2D eigenvalue weighted by molar-refractivity contribution is 5.86. The van der Waals surface area contributed by atoms with Gasteiger partial charge in [0.1, 0.15) is 0 Å². The van der Waals surface area contributed by atoms with Gasteiger partial charge in [-0.3, -0.25) is 4.98 Å². The third-order valence-electron chi connectivity index (χ3n) is 1.41. The number of alkyl halides is 3. The SMILES string of the molecule is CCOC(=O)c1cncc(C(F)(F)F)n1. The Labute approximate surface area is 83.1 Å². The van der Waals surface area contributed by atoms with Crippen molar-refractivity contribution >= 4 is 5.97 Å². The average Bonchev–Trinajstić information content (AvgIpc) is 2.17. The Morgan fingerprint density at radius 1 is 1.47 bits per heavy atom. The molecule has 0 amide bonds. The molecule has 0 unspecified atom stereocenters. The van der Waals surface area contributed by atoms with Gasteiger partial charge in [-0.25, -0.2) is 9.78 Å². The molecule has 0 aliphatic heterocycles. The molecule has 0 spiro atoms. The minimum absolute atomic E-state index is 0.0662. The zero-order valence-corrected chi connectivity index (χ0v) is 7.71. The number of halogens is 3. The lowest BCUT2D eigenvalue weighted by Gasteiger charge is -2.06. The molecule has 0 aromatic carbocycles. The van der Waals surface area contributed by atoms with Crippen LogP contribution >= 0.6 is 0 Å². The predicted molar refractivity (Wildman–Crippen MR) is 43.0 cm³/mol. The van der Waals surface area contributed by atoms with E-state index in [2.05, 4.69) is 14.7 Å². The van der Waals surface area contributed by atoms with E-state index < -0.39 is 23.5 Å². The summed E-state index contributed by atoms with van der Waals surface area (Å²) < 4.78 is 41.0. The number of hydrogen-bond donors (Lipinski definition) is 0. The number of carbonyl (C=O) groups excluding carboxylic acids is 1. The Hall–Kier alpha value is -1.66. The fourth-order valence-corrected chi connectivity index (χ4v) is 0.806. The summed E-state index contributed by atoms with van der Waals surface area (Å²) in [5, 5.41) is 0. The molecule has 82 valence electrons. The van der Waals surface area contributed by atoms with Gasteiger partial charge < -0.3 is 4.74 Å². The van der Waals surface area contributed by atoms with Gasteiger partial charge in [0.2, 0.25) is 0 Å². The topological polar surface area (TPSA) is 52.1 Å². The van der Waals surface area contributed by atoms with E-state index in [9.17, 15) is 18.0 Å². The molecular formula is C8H7F3N2O2. The van der Waals surface area contributed by atoms with Gasteiger partial charge in [-0.15, -0.1) is 0 Å². The Kier molecular flexibility index (Phi) is 3.23. The molecular weight excluding hydrogens is 213 g/mol. The first-order valence-corrected chi connectivity index (χ1v) is 4.01. The van der Waals surface area contributed by atoms with Gasteiger partial charge >= 0.3 is 12.1 Å². The lowest BCUT2D eigenvalue weighted by atomic mass is 10.4. The van der Waals surface area contributed by atoms with E-state index in [1.165, 1.54) is 0 Å². The smallest absolute Gasteiger partial charge is 0.434 e. The van der Waals surface area contributed by atoms with Crippen molar-refractivity contribution in [2.75, 3.05) is 6.61 Å². The van der Waals surface area contributed by atoms with Crippen LogP contribution in [-0.2, 0) is 10.9 Å². The van der Waals surface area contributed by atoms with E-state index in [1.54, 1.807) is 6.92 Å². The zero-order valence-electron chi connectivity index (χ0n) is 7.71. The number of aromatic nitrogens is 2. The van der Waals surface area contributed by atoms with Crippen LogP contribution < -0.4 is 0 Å². The van der Waals surface area contributed by atoms with Crippen molar-refractivity contribution in [3.8, 4) is 0 Å². The van der Waals surface area contributed by atoms with Crippen molar-refractivity contribution in [2.24, 2.45) is 0 Å². The summed E-state index contributed by atoms with van der Waals surface area (Å²) in [6, 6.07) is 0.